The number of rotatable bonds is 4. The van der Waals surface area contributed by atoms with Crippen LogP contribution in [0.25, 0.3) is 0 Å². The van der Waals surface area contributed by atoms with Gasteiger partial charge in [-0.05, 0) is 18.2 Å². The van der Waals surface area contributed by atoms with Crippen LogP contribution in [0.1, 0.15) is 10.4 Å². The fourth-order valence-electron chi connectivity index (χ4n) is 2.49. The van der Waals surface area contributed by atoms with Crippen molar-refractivity contribution in [3.8, 4) is 0 Å². The molecule has 6 nitrogen and oxygen atoms in total. The van der Waals surface area contributed by atoms with Crippen LogP contribution < -0.4 is 15.1 Å². The minimum Gasteiger partial charge on any atom is -0.465 e. The number of halogens is 1. The number of anilines is 1. The summed E-state index contributed by atoms with van der Waals surface area (Å²) in [7, 11) is 3.48. The number of amides is 1. The molecule has 1 heterocycles. The highest BCUT2D eigenvalue weighted by Crippen LogP contribution is 2.23. The topological polar surface area (TPSA) is 64.3 Å². The molecule has 0 aromatic heterocycles. The molecule has 3 N–H and O–H groups in total. The van der Waals surface area contributed by atoms with Gasteiger partial charge in [0.05, 0.1) is 30.4 Å². The van der Waals surface area contributed by atoms with Crippen LogP contribution >= 0.6 is 11.6 Å². The zero-order valence-electron chi connectivity index (χ0n) is 12.9. The van der Waals surface area contributed by atoms with E-state index in [2.05, 4.69) is 17.1 Å². The lowest BCUT2D eigenvalue weighted by Crippen LogP contribution is -3.27. The minimum absolute atomic E-state index is 0.0986. The first-order valence-electron chi connectivity index (χ1n) is 7.32. The molecule has 7 heteroatoms. The van der Waals surface area contributed by atoms with Crippen molar-refractivity contribution in [1.29, 1.82) is 0 Å². The third-order valence-electron chi connectivity index (χ3n) is 3.88. The van der Waals surface area contributed by atoms with E-state index >= 15 is 0 Å². The summed E-state index contributed by atoms with van der Waals surface area (Å²) >= 11 is 6.07. The highest BCUT2D eigenvalue weighted by Gasteiger charge is 2.22. The van der Waals surface area contributed by atoms with Crippen LogP contribution in [0.5, 0.6) is 0 Å². The molecule has 1 aromatic carbocycles. The Morgan fingerprint density at radius 1 is 1.27 bits per heavy atom. The molecule has 22 heavy (non-hydrogen) atoms. The van der Waals surface area contributed by atoms with Gasteiger partial charge in [0.25, 0.3) is 5.91 Å². The van der Waals surface area contributed by atoms with Crippen molar-refractivity contribution >= 4 is 29.2 Å². The van der Waals surface area contributed by atoms with Gasteiger partial charge in [-0.15, -0.1) is 0 Å². The second-order valence-electron chi connectivity index (χ2n) is 5.62. The molecule has 1 aromatic rings. The molecule has 0 saturated carbocycles. The van der Waals surface area contributed by atoms with Crippen LogP contribution in [-0.2, 0) is 9.53 Å². The second kappa shape index (κ2) is 7.58. The first-order chi connectivity index (χ1) is 10.5. The molecular weight excluding hydrogens is 306 g/mol. The average molecular weight is 328 g/mol. The summed E-state index contributed by atoms with van der Waals surface area (Å²) in [5, 5.41) is 3.18. The number of carbonyl (C=O) groups excluding carboxylic acids is 2. The van der Waals surface area contributed by atoms with E-state index < -0.39 is 5.97 Å². The number of hydrogen-bond acceptors (Lipinski definition) is 3. The van der Waals surface area contributed by atoms with Gasteiger partial charge in [0.15, 0.2) is 6.54 Å². The monoisotopic (exact) mass is 327 g/mol. The Hall–Kier alpha value is -1.63. The van der Waals surface area contributed by atoms with E-state index in [9.17, 15) is 9.59 Å². The van der Waals surface area contributed by atoms with Crippen molar-refractivity contribution < 1.29 is 24.1 Å². The number of hydrogen-bond donors (Lipinski definition) is 3. The summed E-state index contributed by atoms with van der Waals surface area (Å²) in [6.07, 6.45) is 0. The second-order valence-corrected chi connectivity index (χ2v) is 6.03. The molecule has 1 saturated heterocycles. The molecule has 0 bridgehead atoms. The Labute approximate surface area is 135 Å². The van der Waals surface area contributed by atoms with Crippen LogP contribution in [0, 0.1) is 0 Å². The number of ether oxygens (including phenoxy) is 1. The van der Waals surface area contributed by atoms with Gasteiger partial charge in [-0.2, -0.15) is 0 Å². The Morgan fingerprint density at radius 3 is 2.59 bits per heavy atom. The van der Waals surface area contributed by atoms with Crippen molar-refractivity contribution in [2.24, 2.45) is 0 Å². The lowest BCUT2D eigenvalue weighted by atomic mass is 10.2. The maximum absolute atomic E-state index is 12.2. The van der Waals surface area contributed by atoms with Crippen molar-refractivity contribution in [1.82, 2.24) is 0 Å². The first-order valence-corrected chi connectivity index (χ1v) is 7.70. The Balaban J connectivity index is 1.97. The molecule has 1 amide bonds. The number of methoxy groups -OCH3 is 1. The summed E-state index contributed by atoms with van der Waals surface area (Å²) in [6.45, 7) is 4.51. The number of likely N-dealkylation sites (N-methyl/N-ethyl adjacent to an activating group) is 1. The number of nitrogens with one attached hydrogen (secondary N) is 3. The molecular formula is C15H22ClN3O3+2. The fourth-order valence-corrected chi connectivity index (χ4v) is 2.66. The maximum Gasteiger partial charge on any atom is 0.337 e. The number of benzene rings is 1. The summed E-state index contributed by atoms with van der Waals surface area (Å²) in [6, 6.07) is 4.68. The molecule has 1 aliphatic heterocycles. The zero-order valence-corrected chi connectivity index (χ0v) is 13.6. The molecule has 1 fully saturated rings. The van der Waals surface area contributed by atoms with Gasteiger partial charge < -0.3 is 19.9 Å². The number of piperazine rings is 1. The van der Waals surface area contributed by atoms with Gasteiger partial charge in [-0.3, -0.25) is 4.79 Å². The van der Waals surface area contributed by atoms with Gasteiger partial charge in [0.1, 0.15) is 26.2 Å². The van der Waals surface area contributed by atoms with Crippen molar-refractivity contribution in [2.75, 3.05) is 52.2 Å². The van der Waals surface area contributed by atoms with Gasteiger partial charge in [-0.1, -0.05) is 11.6 Å². The van der Waals surface area contributed by atoms with E-state index in [-0.39, 0.29) is 5.91 Å². The number of esters is 1. The number of quaternary nitrogens is 2. The molecule has 2 rings (SSSR count). The van der Waals surface area contributed by atoms with Crippen LogP contribution in [-0.4, -0.2) is 58.8 Å². The minimum atomic E-state index is -0.458. The van der Waals surface area contributed by atoms with E-state index in [1.165, 1.54) is 23.0 Å². The Bertz CT molecular complexity index is 557. The van der Waals surface area contributed by atoms with Gasteiger partial charge in [0.2, 0.25) is 0 Å². The zero-order chi connectivity index (χ0) is 16.1. The number of carbonyl (C=O) groups is 2. The predicted octanol–water partition coefficient (Wildman–Crippen LogP) is -1.52. The standard InChI is InChI=1S/C15H20ClN3O3/c1-18-5-7-19(8-6-18)10-14(20)17-13-9-11(15(21)22-2)3-4-12(13)16/h3-4,9H,5-8,10H2,1-2H3,(H,17,20)/p+2. The normalized spacial score (nSPS) is 21.2. The molecule has 0 spiro atoms. The first kappa shape index (κ1) is 16.7. The maximum atomic E-state index is 12.2. The summed E-state index contributed by atoms with van der Waals surface area (Å²) in [4.78, 5) is 26.4. The Kier molecular flexibility index (Phi) is 5.76. The van der Waals surface area contributed by atoms with Crippen molar-refractivity contribution in [3.63, 3.8) is 0 Å². The lowest BCUT2D eigenvalue weighted by Gasteiger charge is -2.26. The SMILES string of the molecule is COC(=O)c1ccc(Cl)c(NC(=O)C[NH+]2CC[NH+](C)CC2)c1. The van der Waals surface area contributed by atoms with Crippen LogP contribution in [0.2, 0.25) is 5.02 Å². The molecule has 0 atom stereocenters. The summed E-state index contributed by atoms with van der Waals surface area (Å²) in [5.41, 5.74) is 0.798. The van der Waals surface area contributed by atoms with Crippen molar-refractivity contribution in [3.05, 3.63) is 28.8 Å². The molecule has 120 valence electrons. The predicted molar refractivity (Wildman–Crippen MR) is 83.6 cm³/mol. The van der Waals surface area contributed by atoms with E-state index in [0.717, 1.165) is 26.2 Å². The van der Waals surface area contributed by atoms with E-state index in [0.29, 0.717) is 22.8 Å². The summed E-state index contributed by atoms with van der Waals surface area (Å²) < 4.78 is 4.67. The van der Waals surface area contributed by atoms with Crippen LogP contribution in [0.4, 0.5) is 5.69 Å². The third kappa shape index (κ3) is 4.43. The highest BCUT2D eigenvalue weighted by atomic mass is 35.5. The van der Waals surface area contributed by atoms with E-state index in [1.54, 1.807) is 12.1 Å². The largest absolute Gasteiger partial charge is 0.465 e. The van der Waals surface area contributed by atoms with Crippen molar-refractivity contribution in [2.45, 2.75) is 0 Å². The molecule has 0 aliphatic carbocycles. The smallest absolute Gasteiger partial charge is 0.337 e. The van der Waals surface area contributed by atoms with Crippen LogP contribution in [0.3, 0.4) is 0 Å². The van der Waals surface area contributed by atoms with Gasteiger partial charge in [-0.25, -0.2) is 4.79 Å². The molecule has 0 radical (unpaired) electrons. The molecule has 1 aliphatic rings. The fraction of sp³-hybridized carbons (Fsp3) is 0.467. The average Bonchev–Trinajstić information content (AvgIpc) is 2.51. The third-order valence-corrected chi connectivity index (χ3v) is 4.21. The summed E-state index contributed by atoms with van der Waals surface area (Å²) in [5.74, 6) is -0.557. The quantitative estimate of drug-likeness (QED) is 0.589. The van der Waals surface area contributed by atoms with Crippen LogP contribution in [0.15, 0.2) is 18.2 Å². The molecule has 0 unspecified atom stereocenters. The highest BCUT2D eigenvalue weighted by molar-refractivity contribution is 6.33. The van der Waals surface area contributed by atoms with E-state index in [4.69, 9.17) is 11.6 Å². The lowest BCUT2D eigenvalue weighted by molar-refractivity contribution is -0.999. The van der Waals surface area contributed by atoms with Gasteiger partial charge in [0, 0.05) is 0 Å². The van der Waals surface area contributed by atoms with Gasteiger partial charge >= 0.3 is 5.97 Å². The Morgan fingerprint density at radius 2 is 1.95 bits per heavy atom. The van der Waals surface area contributed by atoms with E-state index in [1.807, 2.05) is 0 Å².